The summed E-state index contributed by atoms with van der Waals surface area (Å²) in [6.07, 6.45) is 1.69. The molecular weight excluding hydrogens is 506 g/mol. The molecule has 0 N–H and O–H groups in total. The van der Waals surface area contributed by atoms with E-state index in [1.165, 1.54) is 11.1 Å². The summed E-state index contributed by atoms with van der Waals surface area (Å²) in [5, 5.41) is 0. The minimum Gasteiger partial charge on any atom is -0.490 e. The van der Waals surface area contributed by atoms with E-state index in [0.29, 0.717) is 36.5 Å². The van der Waals surface area contributed by atoms with Crippen molar-refractivity contribution in [2.75, 3.05) is 6.61 Å². The Kier molecular flexibility index (Phi) is 7.71. The largest absolute Gasteiger partial charge is 0.490 e. The van der Waals surface area contributed by atoms with Gasteiger partial charge in [-0.1, -0.05) is 55.8 Å². The van der Waals surface area contributed by atoms with E-state index >= 15 is 0 Å². The highest BCUT2D eigenvalue weighted by Gasteiger charge is 2.24. The second-order valence-corrected chi connectivity index (χ2v) is 9.51. The maximum Gasteiger partial charge on any atom is 0.363 e. The van der Waals surface area contributed by atoms with Crippen LogP contribution in [-0.2, 0) is 16.1 Å². The second kappa shape index (κ2) is 10.9. The molecule has 0 saturated carbocycles. The standard InChI is InChI=1S/C29H28BrNO4/c1-5-33-26-16-21(14-24(30)27(26)34-17-20-8-6-7-19(4)13-20)15-25-29(32)35-28(31-25)23-11-9-22(10-12-23)18(2)3/h6-16,18H,5,17H2,1-4H3/b25-15-. The zero-order chi connectivity index (χ0) is 24.9. The van der Waals surface area contributed by atoms with Crippen LogP contribution < -0.4 is 9.47 Å². The van der Waals surface area contributed by atoms with Crippen LogP contribution in [0.5, 0.6) is 11.5 Å². The molecule has 3 aromatic carbocycles. The van der Waals surface area contributed by atoms with Crippen LogP contribution in [0.2, 0.25) is 0 Å². The van der Waals surface area contributed by atoms with E-state index in [2.05, 4.69) is 53.8 Å². The number of benzene rings is 3. The first-order valence-corrected chi connectivity index (χ1v) is 12.4. The number of aliphatic imine (C=N–C) groups is 1. The van der Waals surface area contributed by atoms with Crippen LogP contribution in [0.25, 0.3) is 6.08 Å². The maximum absolute atomic E-state index is 12.5. The molecule has 0 saturated heterocycles. The number of ether oxygens (including phenoxy) is 3. The third-order valence-corrected chi connectivity index (χ3v) is 6.13. The predicted octanol–water partition coefficient (Wildman–Crippen LogP) is 7.20. The number of esters is 1. The van der Waals surface area contributed by atoms with E-state index in [1.807, 2.05) is 55.5 Å². The van der Waals surface area contributed by atoms with Crippen molar-refractivity contribution in [1.29, 1.82) is 0 Å². The minimum absolute atomic E-state index is 0.232. The first-order valence-electron chi connectivity index (χ1n) is 11.6. The second-order valence-electron chi connectivity index (χ2n) is 8.65. The van der Waals surface area contributed by atoms with E-state index < -0.39 is 5.97 Å². The number of halogens is 1. The van der Waals surface area contributed by atoms with Crippen LogP contribution in [0.4, 0.5) is 0 Å². The minimum atomic E-state index is -0.484. The fourth-order valence-corrected chi connectivity index (χ4v) is 4.31. The van der Waals surface area contributed by atoms with Crippen molar-refractivity contribution in [2.45, 2.75) is 40.2 Å². The van der Waals surface area contributed by atoms with E-state index in [9.17, 15) is 4.79 Å². The summed E-state index contributed by atoms with van der Waals surface area (Å²) < 4.78 is 18.1. The molecule has 0 unspecified atom stereocenters. The fourth-order valence-electron chi connectivity index (χ4n) is 3.73. The van der Waals surface area contributed by atoms with E-state index in [0.717, 1.165) is 21.2 Å². The molecule has 0 aliphatic carbocycles. The van der Waals surface area contributed by atoms with E-state index in [-0.39, 0.29) is 5.70 Å². The molecular formula is C29H28BrNO4. The van der Waals surface area contributed by atoms with Crippen LogP contribution in [0, 0.1) is 6.92 Å². The summed E-state index contributed by atoms with van der Waals surface area (Å²) in [6.45, 7) is 9.13. The maximum atomic E-state index is 12.5. The van der Waals surface area contributed by atoms with Crippen molar-refractivity contribution < 1.29 is 19.0 Å². The highest BCUT2D eigenvalue weighted by Crippen LogP contribution is 2.38. The van der Waals surface area contributed by atoms with Gasteiger partial charge in [-0.25, -0.2) is 9.79 Å². The third-order valence-electron chi connectivity index (χ3n) is 5.55. The number of hydrogen-bond acceptors (Lipinski definition) is 5. The van der Waals surface area contributed by atoms with Crippen LogP contribution in [0.3, 0.4) is 0 Å². The predicted molar refractivity (Wildman–Crippen MR) is 142 cm³/mol. The summed E-state index contributed by atoms with van der Waals surface area (Å²) in [5.74, 6) is 1.44. The number of carbonyl (C=O) groups excluding carboxylic acids is 1. The smallest absolute Gasteiger partial charge is 0.363 e. The molecule has 6 heteroatoms. The first kappa shape index (κ1) is 24.7. The van der Waals surface area contributed by atoms with Crippen molar-refractivity contribution in [1.82, 2.24) is 0 Å². The lowest BCUT2D eigenvalue weighted by atomic mass is 10.0. The van der Waals surface area contributed by atoms with Gasteiger partial charge in [-0.3, -0.25) is 0 Å². The van der Waals surface area contributed by atoms with Gasteiger partial charge in [0.2, 0.25) is 5.90 Å². The van der Waals surface area contributed by atoms with Gasteiger partial charge in [-0.15, -0.1) is 0 Å². The molecule has 0 bridgehead atoms. The zero-order valence-electron chi connectivity index (χ0n) is 20.3. The summed E-state index contributed by atoms with van der Waals surface area (Å²) in [4.78, 5) is 17.0. The van der Waals surface area contributed by atoms with Gasteiger partial charge in [0, 0.05) is 5.56 Å². The Balaban J connectivity index is 1.59. The number of rotatable bonds is 8. The molecule has 4 rings (SSSR count). The van der Waals surface area contributed by atoms with Crippen LogP contribution in [0.15, 0.2) is 75.8 Å². The van der Waals surface area contributed by atoms with Gasteiger partial charge in [0.15, 0.2) is 17.2 Å². The molecule has 1 heterocycles. The summed E-state index contributed by atoms with van der Waals surface area (Å²) in [5.41, 5.74) is 5.21. The zero-order valence-corrected chi connectivity index (χ0v) is 21.9. The monoisotopic (exact) mass is 533 g/mol. The van der Waals surface area contributed by atoms with Crippen LogP contribution >= 0.6 is 15.9 Å². The lowest BCUT2D eigenvalue weighted by molar-refractivity contribution is -0.129. The average Bonchev–Trinajstić information content (AvgIpc) is 3.19. The van der Waals surface area contributed by atoms with Crippen LogP contribution in [-0.4, -0.2) is 18.5 Å². The van der Waals surface area contributed by atoms with Crippen molar-refractivity contribution in [3.63, 3.8) is 0 Å². The summed E-state index contributed by atoms with van der Waals surface area (Å²) >= 11 is 3.60. The van der Waals surface area contributed by atoms with Crippen molar-refractivity contribution in [2.24, 2.45) is 4.99 Å². The molecule has 1 aliphatic heterocycles. The molecule has 5 nitrogen and oxygen atoms in total. The van der Waals surface area contributed by atoms with Crippen molar-refractivity contribution >= 4 is 33.9 Å². The lowest BCUT2D eigenvalue weighted by Crippen LogP contribution is -2.05. The van der Waals surface area contributed by atoms with Gasteiger partial charge in [0.25, 0.3) is 0 Å². The summed E-state index contributed by atoms with van der Waals surface area (Å²) in [7, 11) is 0. The molecule has 0 spiro atoms. The van der Waals surface area contributed by atoms with Gasteiger partial charge >= 0.3 is 5.97 Å². The summed E-state index contributed by atoms with van der Waals surface area (Å²) in [6, 6.07) is 19.8. The molecule has 0 amide bonds. The molecule has 180 valence electrons. The third kappa shape index (κ3) is 6.01. The fraction of sp³-hybridized carbons (Fsp3) is 0.241. The number of nitrogens with zero attached hydrogens (tertiary/aromatic N) is 1. The molecule has 0 radical (unpaired) electrons. The van der Waals surface area contributed by atoms with Crippen molar-refractivity contribution in [3.8, 4) is 11.5 Å². The molecule has 3 aromatic rings. The van der Waals surface area contributed by atoms with Gasteiger partial charge in [0.05, 0.1) is 11.1 Å². The SMILES string of the molecule is CCOc1cc(/C=C2\N=C(c3ccc(C(C)C)cc3)OC2=O)cc(Br)c1OCc1cccc(C)c1. The molecule has 1 aliphatic rings. The normalized spacial score (nSPS) is 14.3. The highest BCUT2D eigenvalue weighted by atomic mass is 79.9. The highest BCUT2D eigenvalue weighted by molar-refractivity contribution is 9.10. The van der Waals surface area contributed by atoms with Gasteiger partial charge in [0.1, 0.15) is 6.61 Å². The Hall–Kier alpha value is -3.38. The Morgan fingerprint density at radius 1 is 1.06 bits per heavy atom. The average molecular weight is 534 g/mol. The topological polar surface area (TPSA) is 57.1 Å². The quantitative estimate of drug-likeness (QED) is 0.227. The van der Waals surface area contributed by atoms with Crippen LogP contribution in [0.1, 0.15) is 54.5 Å². The lowest BCUT2D eigenvalue weighted by Gasteiger charge is -2.15. The van der Waals surface area contributed by atoms with Gasteiger partial charge < -0.3 is 14.2 Å². The Bertz CT molecular complexity index is 1290. The van der Waals surface area contributed by atoms with Gasteiger partial charge in [-0.05, 0) is 82.7 Å². The first-order chi connectivity index (χ1) is 16.8. The Morgan fingerprint density at radius 3 is 2.51 bits per heavy atom. The molecule has 0 fully saturated rings. The number of cyclic esters (lactones) is 1. The van der Waals surface area contributed by atoms with Gasteiger partial charge in [-0.2, -0.15) is 0 Å². The van der Waals surface area contributed by atoms with E-state index in [1.54, 1.807) is 6.08 Å². The Labute approximate surface area is 214 Å². The molecule has 0 aromatic heterocycles. The molecule has 35 heavy (non-hydrogen) atoms. The number of carbonyl (C=O) groups is 1. The van der Waals surface area contributed by atoms with E-state index in [4.69, 9.17) is 14.2 Å². The number of aryl methyl sites for hydroxylation is 1. The number of hydrogen-bond donors (Lipinski definition) is 0. The van der Waals surface area contributed by atoms with Crippen molar-refractivity contribution in [3.05, 3.63) is 98.7 Å². The Morgan fingerprint density at radius 2 is 1.83 bits per heavy atom. The molecule has 0 atom stereocenters.